The Morgan fingerprint density at radius 3 is 2.45 bits per heavy atom. The van der Waals surface area contributed by atoms with E-state index in [1.165, 1.54) is 24.5 Å². The molecule has 0 radical (unpaired) electrons. The van der Waals surface area contributed by atoms with Crippen LogP contribution in [0.5, 0.6) is 0 Å². The average molecular weight is 420 g/mol. The van der Waals surface area contributed by atoms with Crippen LogP contribution in [-0.2, 0) is 4.79 Å². The van der Waals surface area contributed by atoms with E-state index in [1.54, 1.807) is 47.5 Å². The summed E-state index contributed by atoms with van der Waals surface area (Å²) in [6.07, 6.45) is 6.09. The highest BCUT2D eigenvalue weighted by atomic mass is 19.1. The number of benzene rings is 1. The third kappa shape index (κ3) is 5.16. The lowest BCUT2D eigenvalue weighted by molar-refractivity contribution is -0.111. The summed E-state index contributed by atoms with van der Waals surface area (Å²) < 4.78 is 18.1. The third-order valence-electron chi connectivity index (χ3n) is 4.94. The predicted molar refractivity (Wildman–Crippen MR) is 115 cm³/mol. The average Bonchev–Trinajstić information content (AvgIpc) is 3.34. The van der Waals surface area contributed by atoms with E-state index in [-0.39, 0.29) is 17.6 Å². The summed E-state index contributed by atoms with van der Waals surface area (Å²) in [5, 5.41) is 2.75. The number of aromatic nitrogens is 1. The number of hydrogen-bond acceptors (Lipinski definition) is 5. The van der Waals surface area contributed by atoms with Crippen LogP contribution >= 0.6 is 0 Å². The molecule has 0 aliphatic carbocycles. The highest BCUT2D eigenvalue weighted by molar-refractivity contribution is 6.01. The Hall–Kier alpha value is -3.94. The van der Waals surface area contributed by atoms with Gasteiger partial charge in [-0.1, -0.05) is 12.1 Å². The van der Waals surface area contributed by atoms with Gasteiger partial charge in [0.25, 0.3) is 5.91 Å². The van der Waals surface area contributed by atoms with Gasteiger partial charge in [0.1, 0.15) is 11.6 Å². The minimum absolute atomic E-state index is 0.107. The number of carbonyl (C=O) groups excluding carboxylic acids is 2. The fourth-order valence-electron chi connectivity index (χ4n) is 3.27. The Kier molecular flexibility index (Phi) is 6.07. The highest BCUT2D eigenvalue weighted by Gasteiger charge is 2.24. The monoisotopic (exact) mass is 420 g/mol. The Morgan fingerprint density at radius 1 is 1.03 bits per heavy atom. The van der Waals surface area contributed by atoms with E-state index < -0.39 is 0 Å². The van der Waals surface area contributed by atoms with Crippen LogP contribution in [0.2, 0.25) is 0 Å². The minimum atomic E-state index is -0.321. The lowest BCUT2D eigenvalue weighted by atomic mass is 10.2. The molecule has 1 aliphatic heterocycles. The van der Waals surface area contributed by atoms with E-state index in [0.29, 0.717) is 37.6 Å². The molecular weight excluding hydrogens is 399 g/mol. The van der Waals surface area contributed by atoms with Crippen LogP contribution in [0.25, 0.3) is 6.08 Å². The molecule has 1 N–H and O–H groups in total. The summed E-state index contributed by atoms with van der Waals surface area (Å²) in [7, 11) is 0. The van der Waals surface area contributed by atoms with Gasteiger partial charge < -0.3 is 19.5 Å². The maximum absolute atomic E-state index is 12.9. The van der Waals surface area contributed by atoms with Crippen LogP contribution < -0.4 is 10.2 Å². The largest absolute Gasteiger partial charge is 0.459 e. The van der Waals surface area contributed by atoms with E-state index in [1.807, 2.05) is 6.07 Å². The van der Waals surface area contributed by atoms with Gasteiger partial charge in [-0.15, -0.1) is 0 Å². The zero-order chi connectivity index (χ0) is 21.6. The summed E-state index contributed by atoms with van der Waals surface area (Å²) in [5.74, 6) is 0.400. The Balaban J connectivity index is 1.29. The van der Waals surface area contributed by atoms with E-state index in [0.717, 1.165) is 11.4 Å². The standard InChI is InChI=1S/C23H21FN4O3/c24-18-6-3-17(4-7-18)5-10-22(29)26-19-8-9-21(25-16-19)27-11-13-28(14-12-27)23(30)20-2-1-15-31-20/h1-10,15-16H,11-14H2,(H,26,29)/b10-5+. The van der Waals surface area contributed by atoms with Gasteiger partial charge in [-0.05, 0) is 48.0 Å². The molecule has 158 valence electrons. The topological polar surface area (TPSA) is 78.7 Å². The zero-order valence-electron chi connectivity index (χ0n) is 16.7. The molecule has 3 aromatic rings. The van der Waals surface area contributed by atoms with Gasteiger partial charge in [0.05, 0.1) is 18.1 Å². The number of nitrogens with one attached hydrogen (secondary N) is 1. The number of piperazine rings is 1. The highest BCUT2D eigenvalue weighted by Crippen LogP contribution is 2.17. The van der Waals surface area contributed by atoms with Crippen molar-refractivity contribution in [3.63, 3.8) is 0 Å². The van der Waals surface area contributed by atoms with Gasteiger partial charge in [0.15, 0.2) is 5.76 Å². The maximum atomic E-state index is 12.9. The first-order valence-electron chi connectivity index (χ1n) is 9.87. The third-order valence-corrected chi connectivity index (χ3v) is 4.94. The van der Waals surface area contributed by atoms with Crippen molar-refractivity contribution in [1.82, 2.24) is 9.88 Å². The normalized spacial score (nSPS) is 14.1. The SMILES string of the molecule is O=C(/C=C/c1ccc(F)cc1)Nc1ccc(N2CCN(C(=O)c3ccco3)CC2)nc1. The lowest BCUT2D eigenvalue weighted by Gasteiger charge is -2.35. The van der Waals surface area contributed by atoms with Crippen LogP contribution in [-0.4, -0.2) is 47.9 Å². The van der Waals surface area contributed by atoms with Crippen LogP contribution in [0.1, 0.15) is 16.1 Å². The van der Waals surface area contributed by atoms with Gasteiger partial charge in [0, 0.05) is 32.3 Å². The van der Waals surface area contributed by atoms with Crippen molar-refractivity contribution in [3.05, 3.63) is 84.2 Å². The van der Waals surface area contributed by atoms with Crippen LogP contribution in [0, 0.1) is 5.82 Å². The maximum Gasteiger partial charge on any atom is 0.289 e. The van der Waals surface area contributed by atoms with E-state index in [9.17, 15) is 14.0 Å². The molecule has 0 unspecified atom stereocenters. The number of carbonyl (C=O) groups is 2. The quantitative estimate of drug-likeness (QED) is 0.640. The molecule has 1 saturated heterocycles. The second-order valence-corrected chi connectivity index (χ2v) is 7.04. The van der Waals surface area contributed by atoms with Gasteiger partial charge in [-0.2, -0.15) is 0 Å². The molecule has 0 saturated carbocycles. The van der Waals surface area contributed by atoms with Gasteiger partial charge in [-0.3, -0.25) is 9.59 Å². The molecule has 1 fully saturated rings. The Labute approximate surface area is 178 Å². The Bertz CT molecular complexity index is 1060. The fourth-order valence-corrected chi connectivity index (χ4v) is 3.27. The molecule has 31 heavy (non-hydrogen) atoms. The molecule has 8 heteroatoms. The number of rotatable bonds is 5. The summed E-state index contributed by atoms with van der Waals surface area (Å²) >= 11 is 0. The van der Waals surface area contributed by atoms with Crippen molar-refractivity contribution in [1.29, 1.82) is 0 Å². The number of amides is 2. The molecular formula is C23H21FN4O3. The first-order valence-corrected chi connectivity index (χ1v) is 9.87. The second-order valence-electron chi connectivity index (χ2n) is 7.04. The fraction of sp³-hybridized carbons (Fsp3) is 0.174. The molecule has 1 aromatic carbocycles. The van der Waals surface area contributed by atoms with Gasteiger partial charge in [-0.25, -0.2) is 9.37 Å². The summed E-state index contributed by atoms with van der Waals surface area (Å²) in [6, 6.07) is 12.9. The van der Waals surface area contributed by atoms with E-state index in [2.05, 4.69) is 15.2 Å². The van der Waals surface area contributed by atoms with E-state index >= 15 is 0 Å². The summed E-state index contributed by atoms with van der Waals surface area (Å²) in [4.78, 5) is 32.7. The van der Waals surface area contributed by atoms with E-state index in [4.69, 9.17) is 4.42 Å². The molecule has 0 bridgehead atoms. The first kappa shape index (κ1) is 20.3. The molecule has 3 heterocycles. The summed E-state index contributed by atoms with van der Waals surface area (Å²) in [5.41, 5.74) is 1.30. The zero-order valence-corrected chi connectivity index (χ0v) is 16.7. The second kappa shape index (κ2) is 9.25. The number of hydrogen-bond donors (Lipinski definition) is 1. The molecule has 4 rings (SSSR count). The number of halogens is 1. The van der Waals surface area contributed by atoms with Crippen LogP contribution in [0.4, 0.5) is 15.9 Å². The number of pyridine rings is 1. The van der Waals surface area contributed by atoms with Crippen molar-refractivity contribution in [2.45, 2.75) is 0 Å². The van der Waals surface area contributed by atoms with Gasteiger partial charge in [0.2, 0.25) is 5.91 Å². The van der Waals surface area contributed by atoms with Crippen LogP contribution in [0.15, 0.2) is 71.5 Å². The lowest BCUT2D eigenvalue weighted by Crippen LogP contribution is -2.49. The molecule has 2 amide bonds. The first-order chi connectivity index (χ1) is 15.1. The molecule has 0 atom stereocenters. The van der Waals surface area contributed by atoms with Crippen molar-refractivity contribution >= 4 is 29.4 Å². The van der Waals surface area contributed by atoms with Crippen molar-refractivity contribution in [2.75, 3.05) is 36.4 Å². The Morgan fingerprint density at radius 2 is 1.81 bits per heavy atom. The number of nitrogens with zero attached hydrogens (tertiary/aromatic N) is 3. The summed E-state index contributed by atoms with van der Waals surface area (Å²) in [6.45, 7) is 2.47. The minimum Gasteiger partial charge on any atom is -0.459 e. The van der Waals surface area contributed by atoms with Crippen molar-refractivity contribution in [2.24, 2.45) is 0 Å². The van der Waals surface area contributed by atoms with Crippen molar-refractivity contribution in [3.8, 4) is 0 Å². The van der Waals surface area contributed by atoms with Crippen LogP contribution in [0.3, 0.4) is 0 Å². The van der Waals surface area contributed by atoms with Crippen molar-refractivity contribution < 1.29 is 18.4 Å². The number of anilines is 2. The molecule has 0 spiro atoms. The molecule has 2 aromatic heterocycles. The smallest absolute Gasteiger partial charge is 0.289 e. The molecule has 1 aliphatic rings. The predicted octanol–water partition coefficient (Wildman–Crippen LogP) is 3.43. The molecule has 7 nitrogen and oxygen atoms in total. The van der Waals surface area contributed by atoms with Gasteiger partial charge >= 0.3 is 0 Å². The number of furan rings is 1.